The molecule has 1 atom stereocenters. The molecule has 0 heterocycles. The summed E-state index contributed by atoms with van der Waals surface area (Å²) < 4.78 is 0. The van der Waals surface area contributed by atoms with Crippen LogP contribution in [0.4, 0.5) is 0 Å². The molecule has 1 unspecified atom stereocenters. The van der Waals surface area contributed by atoms with Crippen molar-refractivity contribution < 1.29 is 4.79 Å². The number of carbonyl (C=O) groups excluding carboxylic acids is 1. The Labute approximate surface area is 115 Å². The van der Waals surface area contributed by atoms with Gasteiger partial charge in [-0.1, -0.05) is 17.7 Å². The van der Waals surface area contributed by atoms with Crippen LogP contribution in [0.5, 0.6) is 0 Å². The maximum atomic E-state index is 11.7. The molecule has 1 saturated carbocycles. The van der Waals surface area contributed by atoms with Crippen molar-refractivity contribution in [3.63, 3.8) is 0 Å². The maximum Gasteiger partial charge on any atom is 0.234 e. The average Bonchev–Trinajstić information content (AvgIpc) is 3.08. The molecule has 0 spiro atoms. The summed E-state index contributed by atoms with van der Waals surface area (Å²) >= 11 is 0. The van der Waals surface area contributed by atoms with Gasteiger partial charge in [-0.25, -0.2) is 0 Å². The fourth-order valence-corrected chi connectivity index (χ4v) is 2.73. The van der Waals surface area contributed by atoms with Gasteiger partial charge in [-0.3, -0.25) is 4.79 Å². The van der Waals surface area contributed by atoms with Crippen molar-refractivity contribution in [3.05, 3.63) is 34.4 Å². The summed E-state index contributed by atoms with van der Waals surface area (Å²) in [6.07, 6.45) is 2.27. The zero-order valence-corrected chi connectivity index (χ0v) is 12.3. The zero-order valence-electron chi connectivity index (χ0n) is 12.3. The lowest BCUT2D eigenvalue weighted by Crippen LogP contribution is -2.36. The van der Waals surface area contributed by atoms with Gasteiger partial charge >= 0.3 is 0 Å². The van der Waals surface area contributed by atoms with Crippen molar-refractivity contribution in [2.24, 2.45) is 0 Å². The molecular weight excluding hydrogens is 236 g/mol. The van der Waals surface area contributed by atoms with Gasteiger partial charge in [0.15, 0.2) is 0 Å². The number of amides is 1. The summed E-state index contributed by atoms with van der Waals surface area (Å²) in [4.78, 5) is 11.7. The Morgan fingerprint density at radius 3 is 2.37 bits per heavy atom. The third kappa shape index (κ3) is 3.80. The van der Waals surface area contributed by atoms with Crippen LogP contribution in [0, 0.1) is 20.8 Å². The van der Waals surface area contributed by atoms with E-state index in [9.17, 15) is 4.79 Å². The first-order valence-corrected chi connectivity index (χ1v) is 7.08. The molecule has 2 rings (SSSR count). The minimum absolute atomic E-state index is 0.108. The van der Waals surface area contributed by atoms with Gasteiger partial charge < -0.3 is 10.6 Å². The zero-order chi connectivity index (χ0) is 14.0. The first kappa shape index (κ1) is 14.1. The molecule has 1 aliphatic rings. The predicted molar refractivity (Wildman–Crippen MR) is 78.2 cm³/mol. The first-order valence-electron chi connectivity index (χ1n) is 7.08. The molecule has 3 nitrogen and oxygen atoms in total. The molecule has 1 amide bonds. The standard InChI is InChI=1S/C16H24N2O/c1-10-7-11(2)16(12(3)8-10)13(4)17-9-15(19)18-14-5-6-14/h7-8,13-14,17H,5-6,9H2,1-4H3,(H,18,19). The molecule has 3 heteroatoms. The fourth-order valence-electron chi connectivity index (χ4n) is 2.73. The molecule has 0 radical (unpaired) electrons. The van der Waals surface area contributed by atoms with Crippen LogP contribution >= 0.6 is 0 Å². The summed E-state index contributed by atoms with van der Waals surface area (Å²) in [7, 11) is 0. The quantitative estimate of drug-likeness (QED) is 0.854. The van der Waals surface area contributed by atoms with Crippen molar-refractivity contribution in [1.29, 1.82) is 0 Å². The number of benzene rings is 1. The van der Waals surface area contributed by atoms with E-state index in [2.05, 4.69) is 50.5 Å². The van der Waals surface area contributed by atoms with Gasteiger partial charge in [0.25, 0.3) is 0 Å². The van der Waals surface area contributed by atoms with E-state index in [1.165, 1.54) is 22.3 Å². The topological polar surface area (TPSA) is 41.1 Å². The average molecular weight is 260 g/mol. The monoisotopic (exact) mass is 260 g/mol. The highest BCUT2D eigenvalue weighted by atomic mass is 16.2. The van der Waals surface area contributed by atoms with E-state index >= 15 is 0 Å². The Morgan fingerprint density at radius 1 is 1.26 bits per heavy atom. The van der Waals surface area contributed by atoms with E-state index in [1.807, 2.05) is 0 Å². The number of rotatable bonds is 5. The highest BCUT2D eigenvalue weighted by Gasteiger charge is 2.23. The molecule has 2 N–H and O–H groups in total. The third-order valence-electron chi connectivity index (χ3n) is 3.68. The van der Waals surface area contributed by atoms with Crippen molar-refractivity contribution in [3.8, 4) is 0 Å². The molecule has 1 fully saturated rings. The van der Waals surface area contributed by atoms with Gasteiger partial charge in [-0.2, -0.15) is 0 Å². The number of aryl methyl sites for hydroxylation is 3. The van der Waals surface area contributed by atoms with Gasteiger partial charge in [0.05, 0.1) is 6.54 Å². The molecule has 0 aromatic heterocycles. The second-order valence-corrected chi connectivity index (χ2v) is 5.76. The SMILES string of the molecule is Cc1cc(C)c(C(C)NCC(=O)NC2CC2)c(C)c1. The van der Waals surface area contributed by atoms with Gasteiger partial charge in [-0.05, 0) is 57.2 Å². The normalized spacial score (nSPS) is 16.2. The molecule has 1 aromatic carbocycles. The molecule has 19 heavy (non-hydrogen) atoms. The van der Waals surface area contributed by atoms with Crippen LogP contribution in [-0.4, -0.2) is 18.5 Å². The molecule has 1 aromatic rings. The van der Waals surface area contributed by atoms with Crippen LogP contribution in [0.25, 0.3) is 0 Å². The number of hydrogen-bond acceptors (Lipinski definition) is 2. The molecular formula is C16H24N2O. The summed E-state index contributed by atoms with van der Waals surface area (Å²) in [6, 6.07) is 5.04. The van der Waals surface area contributed by atoms with Crippen LogP contribution in [0.15, 0.2) is 12.1 Å². The first-order chi connectivity index (χ1) is 8.97. The van der Waals surface area contributed by atoms with Gasteiger partial charge in [0.2, 0.25) is 5.91 Å². The summed E-state index contributed by atoms with van der Waals surface area (Å²) in [5.74, 6) is 0.108. The summed E-state index contributed by atoms with van der Waals surface area (Å²) in [6.45, 7) is 8.90. The van der Waals surface area contributed by atoms with Crippen molar-refractivity contribution in [1.82, 2.24) is 10.6 Å². The van der Waals surface area contributed by atoms with Crippen molar-refractivity contribution in [2.45, 2.75) is 52.6 Å². The minimum Gasteiger partial charge on any atom is -0.352 e. The lowest BCUT2D eigenvalue weighted by atomic mass is 9.95. The Bertz CT molecular complexity index is 455. The second-order valence-electron chi connectivity index (χ2n) is 5.76. The predicted octanol–water partition coefficient (Wildman–Crippen LogP) is 2.54. The second kappa shape index (κ2) is 5.74. The minimum atomic E-state index is 0.108. The van der Waals surface area contributed by atoms with Crippen molar-refractivity contribution in [2.75, 3.05) is 6.54 Å². The molecule has 0 saturated heterocycles. The van der Waals surface area contributed by atoms with Crippen LogP contribution < -0.4 is 10.6 Å². The van der Waals surface area contributed by atoms with E-state index in [0.717, 1.165) is 12.8 Å². The lowest BCUT2D eigenvalue weighted by molar-refractivity contribution is -0.120. The molecule has 0 aliphatic heterocycles. The smallest absolute Gasteiger partial charge is 0.234 e. The summed E-state index contributed by atoms with van der Waals surface area (Å²) in [5.41, 5.74) is 5.18. The molecule has 0 bridgehead atoms. The van der Waals surface area contributed by atoms with E-state index in [1.54, 1.807) is 0 Å². The largest absolute Gasteiger partial charge is 0.352 e. The summed E-state index contributed by atoms with van der Waals surface area (Å²) in [5, 5.41) is 6.32. The Kier molecular flexibility index (Phi) is 4.25. The van der Waals surface area contributed by atoms with Crippen LogP contribution in [0.1, 0.15) is 48.1 Å². The highest BCUT2D eigenvalue weighted by Crippen LogP contribution is 2.23. The Balaban J connectivity index is 1.95. The Hall–Kier alpha value is -1.35. The van der Waals surface area contributed by atoms with E-state index in [0.29, 0.717) is 12.6 Å². The highest BCUT2D eigenvalue weighted by molar-refractivity contribution is 5.78. The van der Waals surface area contributed by atoms with E-state index in [-0.39, 0.29) is 11.9 Å². The van der Waals surface area contributed by atoms with Crippen LogP contribution in [-0.2, 0) is 4.79 Å². The lowest BCUT2D eigenvalue weighted by Gasteiger charge is -2.19. The van der Waals surface area contributed by atoms with Gasteiger partial charge in [0, 0.05) is 12.1 Å². The van der Waals surface area contributed by atoms with Crippen LogP contribution in [0.3, 0.4) is 0 Å². The maximum absolute atomic E-state index is 11.7. The van der Waals surface area contributed by atoms with E-state index < -0.39 is 0 Å². The number of nitrogens with one attached hydrogen (secondary N) is 2. The van der Waals surface area contributed by atoms with Gasteiger partial charge in [-0.15, -0.1) is 0 Å². The van der Waals surface area contributed by atoms with Crippen LogP contribution in [0.2, 0.25) is 0 Å². The number of hydrogen-bond donors (Lipinski definition) is 2. The van der Waals surface area contributed by atoms with Crippen molar-refractivity contribution >= 4 is 5.91 Å². The number of carbonyl (C=O) groups is 1. The molecule has 104 valence electrons. The van der Waals surface area contributed by atoms with Gasteiger partial charge in [0.1, 0.15) is 0 Å². The third-order valence-corrected chi connectivity index (χ3v) is 3.68. The fraction of sp³-hybridized carbons (Fsp3) is 0.562. The Morgan fingerprint density at radius 2 is 1.84 bits per heavy atom. The molecule has 1 aliphatic carbocycles. The van der Waals surface area contributed by atoms with E-state index in [4.69, 9.17) is 0 Å².